The number of rotatable bonds is 3. The fraction of sp³-hybridized carbons (Fsp3) is 1.00. The molecule has 3 atom stereocenters. The Kier molecular flexibility index (Phi) is 4.16. The van der Waals surface area contributed by atoms with Crippen molar-refractivity contribution in [3.63, 3.8) is 0 Å². The Morgan fingerprint density at radius 2 is 2.08 bits per heavy atom. The second kappa shape index (κ2) is 4.94. The number of β-amino-alcohol motifs (C(OH)–C–C–N with tert-alkyl or cyclic N) is 1. The van der Waals surface area contributed by atoms with E-state index >= 15 is 0 Å². The molecule has 1 saturated heterocycles. The van der Waals surface area contributed by atoms with Crippen LogP contribution in [0.1, 0.15) is 26.7 Å². The summed E-state index contributed by atoms with van der Waals surface area (Å²) in [4.78, 5) is 2.27. The minimum absolute atomic E-state index is 0.127. The Morgan fingerprint density at radius 1 is 1.38 bits per heavy atom. The highest BCUT2D eigenvalue weighted by Crippen LogP contribution is 2.21. The van der Waals surface area contributed by atoms with Crippen LogP contribution in [0, 0.1) is 5.92 Å². The predicted molar refractivity (Wildman–Crippen MR) is 52.5 cm³/mol. The average molecular weight is 187 g/mol. The molecule has 1 heterocycles. The SMILES string of the molecule is CC1CCC(C)N(CC(O)CO)C1. The van der Waals surface area contributed by atoms with E-state index in [1.54, 1.807) is 0 Å². The molecule has 0 amide bonds. The van der Waals surface area contributed by atoms with Crippen LogP contribution in [-0.2, 0) is 0 Å². The summed E-state index contributed by atoms with van der Waals surface area (Å²) >= 11 is 0. The first-order chi connectivity index (χ1) is 6.13. The molecule has 0 saturated carbocycles. The number of nitrogens with zero attached hydrogens (tertiary/aromatic N) is 1. The van der Waals surface area contributed by atoms with Crippen LogP contribution in [-0.4, -0.2) is 47.0 Å². The largest absolute Gasteiger partial charge is 0.394 e. The number of piperidine rings is 1. The van der Waals surface area contributed by atoms with Crippen molar-refractivity contribution < 1.29 is 10.2 Å². The molecule has 0 spiro atoms. The van der Waals surface area contributed by atoms with E-state index in [0.29, 0.717) is 12.6 Å². The smallest absolute Gasteiger partial charge is 0.0897 e. The molecule has 13 heavy (non-hydrogen) atoms. The zero-order chi connectivity index (χ0) is 9.84. The summed E-state index contributed by atoms with van der Waals surface area (Å²) in [6.07, 6.45) is 1.92. The van der Waals surface area contributed by atoms with Gasteiger partial charge in [0.05, 0.1) is 12.7 Å². The summed E-state index contributed by atoms with van der Waals surface area (Å²) in [5.41, 5.74) is 0. The van der Waals surface area contributed by atoms with Crippen molar-refractivity contribution >= 4 is 0 Å². The fourth-order valence-corrected chi connectivity index (χ4v) is 1.96. The normalized spacial score (nSPS) is 33.2. The third kappa shape index (κ3) is 3.25. The van der Waals surface area contributed by atoms with Gasteiger partial charge < -0.3 is 10.2 Å². The lowest BCUT2D eigenvalue weighted by molar-refractivity contribution is 0.0271. The Bertz CT molecular complexity index is 152. The molecular weight excluding hydrogens is 166 g/mol. The second-order valence-electron chi connectivity index (χ2n) is 4.32. The summed E-state index contributed by atoms with van der Waals surface area (Å²) in [6.45, 7) is 5.97. The zero-order valence-corrected chi connectivity index (χ0v) is 8.61. The van der Waals surface area contributed by atoms with Crippen LogP contribution in [0.4, 0.5) is 0 Å². The van der Waals surface area contributed by atoms with Gasteiger partial charge in [0, 0.05) is 19.1 Å². The number of aliphatic hydroxyl groups is 2. The second-order valence-corrected chi connectivity index (χ2v) is 4.32. The molecule has 1 rings (SSSR count). The minimum Gasteiger partial charge on any atom is -0.394 e. The van der Waals surface area contributed by atoms with Crippen LogP contribution in [0.5, 0.6) is 0 Å². The van der Waals surface area contributed by atoms with Gasteiger partial charge in [0.2, 0.25) is 0 Å². The molecular formula is C10H21NO2. The third-order valence-electron chi connectivity index (χ3n) is 2.90. The first kappa shape index (κ1) is 11.0. The fourth-order valence-electron chi connectivity index (χ4n) is 1.96. The Hall–Kier alpha value is -0.120. The van der Waals surface area contributed by atoms with Crippen molar-refractivity contribution in [3.8, 4) is 0 Å². The maximum atomic E-state index is 9.32. The molecule has 0 aliphatic carbocycles. The first-order valence-corrected chi connectivity index (χ1v) is 5.16. The molecule has 0 aromatic heterocycles. The van der Waals surface area contributed by atoms with Crippen LogP contribution in [0.25, 0.3) is 0 Å². The Morgan fingerprint density at radius 3 is 2.69 bits per heavy atom. The summed E-state index contributed by atoms with van der Waals surface area (Å²) in [6, 6.07) is 0.553. The van der Waals surface area contributed by atoms with E-state index in [1.165, 1.54) is 12.8 Å². The topological polar surface area (TPSA) is 43.7 Å². The van der Waals surface area contributed by atoms with Crippen molar-refractivity contribution in [1.29, 1.82) is 0 Å². The van der Waals surface area contributed by atoms with Gasteiger partial charge in [-0.3, -0.25) is 4.90 Å². The van der Waals surface area contributed by atoms with E-state index in [2.05, 4.69) is 18.7 Å². The number of hydrogen-bond donors (Lipinski definition) is 2. The molecule has 0 aromatic carbocycles. The number of aliphatic hydroxyl groups excluding tert-OH is 2. The molecule has 3 unspecified atom stereocenters. The predicted octanol–water partition coefficient (Wildman–Crippen LogP) is 0.460. The number of hydrogen-bond acceptors (Lipinski definition) is 3. The van der Waals surface area contributed by atoms with Crippen molar-refractivity contribution in [1.82, 2.24) is 4.90 Å². The molecule has 1 aliphatic heterocycles. The van der Waals surface area contributed by atoms with Gasteiger partial charge in [-0.2, -0.15) is 0 Å². The van der Waals surface area contributed by atoms with Crippen LogP contribution in [0.15, 0.2) is 0 Å². The standard InChI is InChI=1S/C10H21NO2/c1-8-3-4-9(2)11(5-8)6-10(13)7-12/h8-10,12-13H,3-7H2,1-2H3. The summed E-state index contributed by atoms with van der Waals surface area (Å²) < 4.78 is 0. The van der Waals surface area contributed by atoms with Crippen LogP contribution in [0.3, 0.4) is 0 Å². The maximum absolute atomic E-state index is 9.32. The summed E-state index contributed by atoms with van der Waals surface area (Å²) in [5.74, 6) is 0.724. The number of likely N-dealkylation sites (tertiary alicyclic amines) is 1. The lowest BCUT2D eigenvalue weighted by Crippen LogP contribution is -2.45. The van der Waals surface area contributed by atoms with E-state index < -0.39 is 6.10 Å². The molecule has 1 fully saturated rings. The quantitative estimate of drug-likeness (QED) is 0.674. The van der Waals surface area contributed by atoms with Gasteiger partial charge in [0.1, 0.15) is 0 Å². The molecule has 0 bridgehead atoms. The van der Waals surface area contributed by atoms with Crippen molar-refractivity contribution in [3.05, 3.63) is 0 Å². The zero-order valence-electron chi connectivity index (χ0n) is 8.61. The van der Waals surface area contributed by atoms with Gasteiger partial charge in [-0.05, 0) is 25.7 Å². The van der Waals surface area contributed by atoms with Gasteiger partial charge in [-0.15, -0.1) is 0 Å². The molecule has 78 valence electrons. The van der Waals surface area contributed by atoms with Crippen LogP contribution in [0.2, 0.25) is 0 Å². The molecule has 3 nitrogen and oxygen atoms in total. The molecule has 2 N–H and O–H groups in total. The highest BCUT2D eigenvalue weighted by atomic mass is 16.3. The maximum Gasteiger partial charge on any atom is 0.0897 e. The van der Waals surface area contributed by atoms with Gasteiger partial charge >= 0.3 is 0 Å². The molecule has 3 heteroatoms. The van der Waals surface area contributed by atoms with Crippen molar-refractivity contribution in [2.75, 3.05) is 19.7 Å². The summed E-state index contributed by atoms with van der Waals surface area (Å²) in [5, 5.41) is 18.1. The van der Waals surface area contributed by atoms with E-state index in [4.69, 9.17) is 5.11 Å². The first-order valence-electron chi connectivity index (χ1n) is 5.16. The molecule has 0 radical (unpaired) electrons. The lowest BCUT2D eigenvalue weighted by Gasteiger charge is -2.37. The Labute approximate surface area is 80.4 Å². The van der Waals surface area contributed by atoms with Gasteiger partial charge in [-0.1, -0.05) is 6.92 Å². The van der Waals surface area contributed by atoms with E-state index in [-0.39, 0.29) is 6.61 Å². The summed E-state index contributed by atoms with van der Waals surface area (Å²) in [7, 11) is 0. The van der Waals surface area contributed by atoms with Crippen molar-refractivity contribution in [2.24, 2.45) is 5.92 Å². The van der Waals surface area contributed by atoms with Gasteiger partial charge in [0.25, 0.3) is 0 Å². The van der Waals surface area contributed by atoms with Gasteiger partial charge in [-0.25, -0.2) is 0 Å². The highest BCUT2D eigenvalue weighted by molar-refractivity contribution is 4.78. The van der Waals surface area contributed by atoms with E-state index in [9.17, 15) is 5.11 Å². The monoisotopic (exact) mass is 187 g/mol. The van der Waals surface area contributed by atoms with Crippen LogP contribution >= 0.6 is 0 Å². The lowest BCUT2D eigenvalue weighted by atomic mass is 9.95. The van der Waals surface area contributed by atoms with E-state index in [0.717, 1.165) is 12.5 Å². The van der Waals surface area contributed by atoms with Crippen molar-refractivity contribution in [2.45, 2.75) is 38.8 Å². The van der Waals surface area contributed by atoms with Crippen LogP contribution < -0.4 is 0 Å². The van der Waals surface area contributed by atoms with Gasteiger partial charge in [0.15, 0.2) is 0 Å². The average Bonchev–Trinajstić information content (AvgIpc) is 2.11. The third-order valence-corrected chi connectivity index (χ3v) is 2.90. The molecule has 1 aliphatic rings. The molecule has 0 aromatic rings. The highest BCUT2D eigenvalue weighted by Gasteiger charge is 2.24. The minimum atomic E-state index is -0.576. The Balaban J connectivity index is 2.37. The van der Waals surface area contributed by atoms with E-state index in [1.807, 2.05) is 0 Å².